The summed E-state index contributed by atoms with van der Waals surface area (Å²) in [6, 6.07) is 54.6. The molecule has 0 aliphatic carbocycles. The van der Waals surface area contributed by atoms with Gasteiger partial charge in [-0.05, 0) is 57.1 Å². The lowest BCUT2D eigenvalue weighted by Gasteiger charge is -2.34. The van der Waals surface area contributed by atoms with Crippen molar-refractivity contribution < 1.29 is 4.39 Å². The first kappa shape index (κ1) is 23.4. The molecule has 0 N–H and O–H groups in total. The monoisotopic (exact) mass is 519 g/mol. The van der Waals surface area contributed by atoms with E-state index in [1.165, 1.54) is 37.9 Å². The Morgan fingerprint density at radius 1 is 0.410 bits per heavy atom. The number of hydrogen-bond donors (Lipinski definition) is 0. The third-order valence-electron chi connectivity index (χ3n) is 7.79. The number of para-hydroxylation sites is 2. The molecular formula is C36H26FNSi. The Kier molecular flexibility index (Phi) is 5.72. The van der Waals surface area contributed by atoms with Gasteiger partial charge in [-0.15, -0.1) is 0 Å². The summed E-state index contributed by atoms with van der Waals surface area (Å²) in [7, 11) is -2.86. The van der Waals surface area contributed by atoms with Gasteiger partial charge in [0.2, 0.25) is 0 Å². The van der Waals surface area contributed by atoms with Crippen LogP contribution in [0.2, 0.25) is 0 Å². The molecule has 1 aromatic heterocycles. The number of aromatic nitrogens is 1. The Morgan fingerprint density at radius 2 is 0.949 bits per heavy atom. The van der Waals surface area contributed by atoms with Gasteiger partial charge in [0.1, 0.15) is 5.82 Å². The SMILES string of the molecule is Fc1cccc([Si](c2ccccc2)(c2ccccc2)c2ccc3c(c2)c2ccccc2n3-c2ccccc2)c1. The topological polar surface area (TPSA) is 4.93 Å². The summed E-state index contributed by atoms with van der Waals surface area (Å²) in [6.45, 7) is 0. The van der Waals surface area contributed by atoms with Gasteiger partial charge in [0.15, 0.2) is 8.07 Å². The molecule has 7 rings (SSSR count). The van der Waals surface area contributed by atoms with E-state index < -0.39 is 8.07 Å². The van der Waals surface area contributed by atoms with Crippen molar-refractivity contribution in [1.82, 2.24) is 4.57 Å². The molecule has 0 aliphatic heterocycles. The molecule has 0 bridgehead atoms. The molecular weight excluding hydrogens is 493 g/mol. The predicted octanol–water partition coefficient (Wildman–Crippen LogP) is 6.30. The van der Waals surface area contributed by atoms with Crippen molar-refractivity contribution in [1.29, 1.82) is 0 Å². The van der Waals surface area contributed by atoms with Crippen molar-refractivity contribution in [2.24, 2.45) is 0 Å². The van der Waals surface area contributed by atoms with Crippen molar-refractivity contribution >= 4 is 50.6 Å². The summed E-state index contributed by atoms with van der Waals surface area (Å²) in [5.41, 5.74) is 3.47. The predicted molar refractivity (Wildman–Crippen MR) is 164 cm³/mol. The number of nitrogens with zero attached hydrogens (tertiary/aromatic N) is 1. The third-order valence-corrected chi connectivity index (χ3v) is 12.5. The van der Waals surface area contributed by atoms with E-state index in [0.717, 1.165) is 16.4 Å². The van der Waals surface area contributed by atoms with Crippen LogP contribution in [0.3, 0.4) is 0 Å². The molecule has 186 valence electrons. The van der Waals surface area contributed by atoms with Gasteiger partial charge < -0.3 is 4.57 Å². The zero-order valence-electron chi connectivity index (χ0n) is 21.3. The van der Waals surface area contributed by atoms with E-state index in [2.05, 4.69) is 138 Å². The van der Waals surface area contributed by atoms with Gasteiger partial charge in [0, 0.05) is 16.5 Å². The van der Waals surface area contributed by atoms with Crippen molar-refractivity contribution in [2.45, 2.75) is 0 Å². The van der Waals surface area contributed by atoms with Crippen molar-refractivity contribution in [3.63, 3.8) is 0 Å². The minimum atomic E-state index is -2.86. The second kappa shape index (κ2) is 9.54. The van der Waals surface area contributed by atoms with E-state index >= 15 is 0 Å². The maximum atomic E-state index is 14.9. The van der Waals surface area contributed by atoms with Gasteiger partial charge in [-0.2, -0.15) is 0 Å². The first-order valence-corrected chi connectivity index (χ1v) is 15.2. The molecule has 0 spiro atoms. The first-order valence-electron chi connectivity index (χ1n) is 13.2. The Labute approximate surface area is 228 Å². The van der Waals surface area contributed by atoms with Gasteiger partial charge in [-0.25, -0.2) is 4.39 Å². The maximum Gasteiger partial charge on any atom is 0.179 e. The van der Waals surface area contributed by atoms with E-state index in [-0.39, 0.29) is 5.82 Å². The molecule has 0 amide bonds. The summed E-state index contributed by atoms with van der Waals surface area (Å²) in [5, 5.41) is 7.13. The van der Waals surface area contributed by atoms with E-state index in [9.17, 15) is 4.39 Å². The van der Waals surface area contributed by atoms with Crippen LogP contribution in [0.15, 0.2) is 158 Å². The molecule has 0 radical (unpaired) electrons. The molecule has 0 unspecified atom stereocenters. The minimum absolute atomic E-state index is 0.210. The highest BCUT2D eigenvalue weighted by Crippen LogP contribution is 2.31. The summed E-state index contributed by atoms with van der Waals surface area (Å²) >= 11 is 0. The Morgan fingerprint density at radius 3 is 1.62 bits per heavy atom. The number of halogens is 1. The fourth-order valence-electron chi connectivity index (χ4n) is 6.16. The number of fused-ring (bicyclic) bond motifs is 3. The molecule has 6 aromatic carbocycles. The zero-order chi connectivity index (χ0) is 26.2. The van der Waals surface area contributed by atoms with Crippen LogP contribution < -0.4 is 20.7 Å². The van der Waals surface area contributed by atoms with Crippen LogP contribution >= 0.6 is 0 Å². The molecule has 0 atom stereocenters. The van der Waals surface area contributed by atoms with Crippen LogP contribution in [0.25, 0.3) is 27.5 Å². The molecule has 1 nitrogen and oxygen atoms in total. The van der Waals surface area contributed by atoms with Crippen molar-refractivity contribution in [3.05, 3.63) is 164 Å². The van der Waals surface area contributed by atoms with Crippen LogP contribution in [0.5, 0.6) is 0 Å². The second-order valence-electron chi connectivity index (χ2n) is 9.91. The average Bonchev–Trinajstić information content (AvgIpc) is 3.33. The van der Waals surface area contributed by atoms with Gasteiger partial charge in [-0.3, -0.25) is 0 Å². The van der Waals surface area contributed by atoms with Crippen LogP contribution in [0.4, 0.5) is 4.39 Å². The Bertz CT molecular complexity index is 1870. The smallest absolute Gasteiger partial charge is 0.179 e. The van der Waals surface area contributed by atoms with E-state index in [1.54, 1.807) is 6.07 Å². The first-order chi connectivity index (χ1) is 19.3. The van der Waals surface area contributed by atoms with E-state index in [1.807, 2.05) is 12.1 Å². The average molecular weight is 520 g/mol. The van der Waals surface area contributed by atoms with Gasteiger partial charge in [0.05, 0.1) is 11.0 Å². The fraction of sp³-hybridized carbons (Fsp3) is 0. The van der Waals surface area contributed by atoms with Gasteiger partial charge >= 0.3 is 0 Å². The fourth-order valence-corrected chi connectivity index (χ4v) is 10.9. The highest BCUT2D eigenvalue weighted by molar-refractivity contribution is 7.20. The van der Waals surface area contributed by atoms with Crippen LogP contribution in [0.1, 0.15) is 0 Å². The Balaban J connectivity index is 1.61. The third kappa shape index (κ3) is 3.74. The number of benzene rings is 6. The summed E-state index contributed by atoms with van der Waals surface area (Å²) in [6.07, 6.45) is 0. The largest absolute Gasteiger partial charge is 0.309 e. The van der Waals surface area contributed by atoms with Crippen LogP contribution in [0, 0.1) is 5.82 Å². The molecule has 39 heavy (non-hydrogen) atoms. The van der Waals surface area contributed by atoms with E-state index in [4.69, 9.17) is 0 Å². The molecule has 0 saturated heterocycles. The molecule has 0 saturated carbocycles. The zero-order valence-corrected chi connectivity index (χ0v) is 22.3. The maximum absolute atomic E-state index is 14.9. The molecule has 0 aliphatic rings. The minimum Gasteiger partial charge on any atom is -0.309 e. The van der Waals surface area contributed by atoms with Gasteiger partial charge in [-0.1, -0.05) is 121 Å². The lowest BCUT2D eigenvalue weighted by atomic mass is 10.1. The molecule has 1 heterocycles. The number of rotatable bonds is 5. The van der Waals surface area contributed by atoms with E-state index in [0.29, 0.717) is 0 Å². The van der Waals surface area contributed by atoms with Crippen LogP contribution in [-0.2, 0) is 0 Å². The lowest BCUT2D eigenvalue weighted by molar-refractivity contribution is 0.629. The molecule has 7 aromatic rings. The summed E-state index contributed by atoms with van der Waals surface area (Å²) < 4.78 is 17.3. The normalized spacial score (nSPS) is 11.7. The lowest BCUT2D eigenvalue weighted by Crippen LogP contribution is -2.74. The van der Waals surface area contributed by atoms with Crippen LogP contribution in [-0.4, -0.2) is 12.6 Å². The summed E-state index contributed by atoms with van der Waals surface area (Å²) in [5.74, 6) is -0.210. The molecule has 3 heteroatoms. The highest BCUT2D eigenvalue weighted by Gasteiger charge is 2.41. The Hall–Kier alpha value is -4.73. The van der Waals surface area contributed by atoms with Crippen molar-refractivity contribution in [3.8, 4) is 5.69 Å². The quantitative estimate of drug-likeness (QED) is 0.186. The number of hydrogen-bond acceptors (Lipinski definition) is 0. The highest BCUT2D eigenvalue weighted by atomic mass is 28.3. The standard InChI is InChI=1S/C36H26FNSi/c37-27-13-12-20-31(25-27)39(29-16-6-2-7-17-29,30-18-8-3-9-19-30)32-23-24-36-34(26-32)33-21-10-11-22-35(33)38(36)28-14-4-1-5-15-28/h1-26H. The molecule has 0 fully saturated rings. The van der Waals surface area contributed by atoms with Crippen molar-refractivity contribution in [2.75, 3.05) is 0 Å². The summed E-state index contributed by atoms with van der Waals surface area (Å²) in [4.78, 5) is 0. The van der Waals surface area contributed by atoms with Gasteiger partial charge in [0.25, 0.3) is 0 Å². The second-order valence-corrected chi connectivity index (χ2v) is 13.7.